The molecule has 5 heteroatoms. The average molecular weight is 282 g/mol. The van der Waals surface area contributed by atoms with Gasteiger partial charge in [-0.2, -0.15) is 0 Å². The van der Waals surface area contributed by atoms with Crippen LogP contribution in [0, 0.1) is 0 Å². The van der Waals surface area contributed by atoms with Gasteiger partial charge in [-0.1, -0.05) is 41.6 Å². The number of rotatable bonds is 3. The SMILES string of the molecule is COC(=O)C(N)c1ccccc1-c1noc2ccccc12. The molecular weight excluding hydrogens is 268 g/mol. The Morgan fingerprint density at radius 2 is 1.90 bits per heavy atom. The summed E-state index contributed by atoms with van der Waals surface area (Å²) in [6.07, 6.45) is 0. The number of carbonyl (C=O) groups is 1. The van der Waals surface area contributed by atoms with E-state index in [1.54, 1.807) is 6.07 Å². The number of aromatic nitrogens is 1. The number of para-hydroxylation sites is 1. The molecule has 0 radical (unpaired) electrons. The fourth-order valence-electron chi connectivity index (χ4n) is 2.32. The van der Waals surface area contributed by atoms with E-state index in [-0.39, 0.29) is 0 Å². The second kappa shape index (κ2) is 5.38. The largest absolute Gasteiger partial charge is 0.468 e. The smallest absolute Gasteiger partial charge is 0.327 e. The molecule has 5 nitrogen and oxygen atoms in total. The van der Waals surface area contributed by atoms with Gasteiger partial charge in [0.1, 0.15) is 11.7 Å². The molecule has 3 rings (SSSR count). The van der Waals surface area contributed by atoms with Crippen molar-refractivity contribution in [3.63, 3.8) is 0 Å². The van der Waals surface area contributed by atoms with E-state index in [9.17, 15) is 4.79 Å². The summed E-state index contributed by atoms with van der Waals surface area (Å²) in [6.45, 7) is 0. The first-order chi connectivity index (χ1) is 10.2. The van der Waals surface area contributed by atoms with Crippen LogP contribution in [0.15, 0.2) is 53.1 Å². The highest BCUT2D eigenvalue weighted by atomic mass is 16.5. The molecule has 1 unspecified atom stereocenters. The number of ether oxygens (including phenoxy) is 1. The maximum Gasteiger partial charge on any atom is 0.327 e. The highest BCUT2D eigenvalue weighted by Crippen LogP contribution is 2.32. The van der Waals surface area contributed by atoms with Crippen LogP contribution in [-0.2, 0) is 9.53 Å². The van der Waals surface area contributed by atoms with E-state index >= 15 is 0 Å². The summed E-state index contributed by atoms with van der Waals surface area (Å²) in [5.41, 5.74) is 8.74. The Morgan fingerprint density at radius 1 is 1.19 bits per heavy atom. The summed E-state index contributed by atoms with van der Waals surface area (Å²) in [7, 11) is 1.32. The zero-order chi connectivity index (χ0) is 14.8. The molecule has 0 bridgehead atoms. The van der Waals surface area contributed by atoms with E-state index in [4.69, 9.17) is 15.0 Å². The third kappa shape index (κ3) is 2.28. The molecule has 2 N–H and O–H groups in total. The normalized spacial score (nSPS) is 12.3. The lowest BCUT2D eigenvalue weighted by atomic mass is 9.97. The van der Waals surface area contributed by atoms with Gasteiger partial charge < -0.3 is 15.0 Å². The van der Waals surface area contributed by atoms with Crippen LogP contribution in [-0.4, -0.2) is 18.2 Å². The second-order valence-electron chi connectivity index (χ2n) is 4.62. The minimum Gasteiger partial charge on any atom is -0.468 e. The third-order valence-electron chi connectivity index (χ3n) is 3.38. The minimum absolute atomic E-state index is 0.491. The van der Waals surface area contributed by atoms with E-state index in [1.807, 2.05) is 42.5 Å². The summed E-state index contributed by atoms with van der Waals surface area (Å²) in [4.78, 5) is 11.7. The number of esters is 1. The monoisotopic (exact) mass is 282 g/mol. The molecule has 3 aromatic rings. The average Bonchev–Trinajstić information content (AvgIpc) is 2.97. The predicted molar refractivity (Wildman–Crippen MR) is 78.4 cm³/mol. The maximum absolute atomic E-state index is 11.7. The van der Waals surface area contributed by atoms with Crippen LogP contribution >= 0.6 is 0 Å². The lowest BCUT2D eigenvalue weighted by molar-refractivity contribution is -0.142. The molecule has 0 aliphatic heterocycles. The van der Waals surface area contributed by atoms with Crippen LogP contribution in [0.3, 0.4) is 0 Å². The Morgan fingerprint density at radius 3 is 2.71 bits per heavy atom. The molecule has 106 valence electrons. The quantitative estimate of drug-likeness (QED) is 0.747. The van der Waals surface area contributed by atoms with Gasteiger partial charge in [0.25, 0.3) is 0 Å². The van der Waals surface area contributed by atoms with Crippen molar-refractivity contribution >= 4 is 16.9 Å². The van der Waals surface area contributed by atoms with Crippen LogP contribution in [0.25, 0.3) is 22.2 Å². The minimum atomic E-state index is -0.860. The van der Waals surface area contributed by atoms with Crippen LogP contribution in [0.5, 0.6) is 0 Å². The van der Waals surface area contributed by atoms with Crippen molar-refractivity contribution in [2.45, 2.75) is 6.04 Å². The van der Waals surface area contributed by atoms with Crippen LogP contribution < -0.4 is 5.73 Å². The van der Waals surface area contributed by atoms with Gasteiger partial charge in [0, 0.05) is 10.9 Å². The Kier molecular flexibility index (Phi) is 3.41. The molecule has 0 aliphatic carbocycles. The first-order valence-corrected chi connectivity index (χ1v) is 6.49. The highest BCUT2D eigenvalue weighted by Gasteiger charge is 2.22. The number of nitrogens with two attached hydrogens (primary N) is 1. The molecule has 0 saturated carbocycles. The summed E-state index contributed by atoms with van der Waals surface area (Å²) in [5.74, 6) is -0.491. The van der Waals surface area contributed by atoms with Crippen molar-refractivity contribution in [2.75, 3.05) is 7.11 Å². The summed E-state index contributed by atoms with van der Waals surface area (Å²) in [5, 5.41) is 4.99. The number of fused-ring (bicyclic) bond motifs is 1. The van der Waals surface area contributed by atoms with Crippen LogP contribution in [0.1, 0.15) is 11.6 Å². The Hall–Kier alpha value is -2.66. The second-order valence-corrected chi connectivity index (χ2v) is 4.62. The zero-order valence-electron chi connectivity index (χ0n) is 11.4. The lowest BCUT2D eigenvalue weighted by Gasteiger charge is -2.13. The van der Waals surface area contributed by atoms with Gasteiger partial charge >= 0.3 is 5.97 Å². The van der Waals surface area contributed by atoms with Crippen molar-refractivity contribution < 1.29 is 14.1 Å². The molecule has 0 amide bonds. The Balaban J connectivity index is 2.17. The van der Waals surface area contributed by atoms with Crippen molar-refractivity contribution in [3.05, 3.63) is 54.1 Å². The highest BCUT2D eigenvalue weighted by molar-refractivity contribution is 5.93. The van der Waals surface area contributed by atoms with E-state index in [0.717, 1.165) is 10.9 Å². The van der Waals surface area contributed by atoms with Gasteiger partial charge in [-0.3, -0.25) is 4.79 Å². The fraction of sp³-hybridized carbons (Fsp3) is 0.125. The van der Waals surface area contributed by atoms with E-state index in [0.29, 0.717) is 16.8 Å². The predicted octanol–water partition coefficient (Wildman–Crippen LogP) is 2.67. The van der Waals surface area contributed by atoms with Gasteiger partial charge in [-0.25, -0.2) is 0 Å². The number of carbonyl (C=O) groups excluding carboxylic acids is 1. The third-order valence-corrected chi connectivity index (χ3v) is 3.38. The Bertz CT molecular complexity index is 795. The van der Waals surface area contributed by atoms with Gasteiger partial charge in [-0.15, -0.1) is 0 Å². The zero-order valence-corrected chi connectivity index (χ0v) is 11.4. The fourth-order valence-corrected chi connectivity index (χ4v) is 2.32. The number of nitrogens with zero attached hydrogens (tertiary/aromatic N) is 1. The summed E-state index contributed by atoms with van der Waals surface area (Å²) >= 11 is 0. The molecule has 1 aromatic heterocycles. The molecular formula is C16H14N2O3. The topological polar surface area (TPSA) is 78.4 Å². The molecule has 1 heterocycles. The first kappa shape index (κ1) is 13.3. The number of hydrogen-bond donors (Lipinski definition) is 1. The molecule has 0 aliphatic rings. The number of methoxy groups -OCH3 is 1. The van der Waals surface area contributed by atoms with E-state index in [1.165, 1.54) is 7.11 Å². The Labute approximate surface area is 121 Å². The summed E-state index contributed by atoms with van der Waals surface area (Å²) in [6, 6.07) is 14.0. The molecule has 21 heavy (non-hydrogen) atoms. The lowest BCUT2D eigenvalue weighted by Crippen LogP contribution is -2.23. The van der Waals surface area contributed by atoms with Crippen molar-refractivity contribution in [2.24, 2.45) is 5.73 Å². The van der Waals surface area contributed by atoms with Crippen molar-refractivity contribution in [1.29, 1.82) is 0 Å². The van der Waals surface area contributed by atoms with E-state index in [2.05, 4.69) is 5.16 Å². The van der Waals surface area contributed by atoms with Crippen molar-refractivity contribution in [3.8, 4) is 11.3 Å². The number of benzene rings is 2. The first-order valence-electron chi connectivity index (χ1n) is 6.49. The molecule has 0 saturated heterocycles. The molecule has 1 atom stereocenters. The molecule has 2 aromatic carbocycles. The maximum atomic E-state index is 11.7. The molecule has 0 fully saturated rings. The van der Waals surface area contributed by atoms with Crippen molar-refractivity contribution in [1.82, 2.24) is 5.16 Å². The molecule has 0 spiro atoms. The van der Waals surface area contributed by atoms with E-state index < -0.39 is 12.0 Å². The van der Waals surface area contributed by atoms with Crippen LogP contribution in [0.4, 0.5) is 0 Å². The van der Waals surface area contributed by atoms with Gasteiger partial charge in [0.2, 0.25) is 0 Å². The van der Waals surface area contributed by atoms with Gasteiger partial charge in [0.05, 0.1) is 7.11 Å². The van der Waals surface area contributed by atoms with Gasteiger partial charge in [-0.05, 0) is 17.7 Å². The summed E-state index contributed by atoms with van der Waals surface area (Å²) < 4.78 is 10.0. The number of hydrogen-bond acceptors (Lipinski definition) is 5. The van der Waals surface area contributed by atoms with Crippen LogP contribution in [0.2, 0.25) is 0 Å². The van der Waals surface area contributed by atoms with Gasteiger partial charge in [0.15, 0.2) is 5.58 Å². The standard InChI is InChI=1S/C16H14N2O3/c1-20-16(19)14(17)10-6-2-3-7-11(10)15-12-8-4-5-9-13(12)21-18-15/h2-9,14H,17H2,1H3.